The lowest BCUT2D eigenvalue weighted by Crippen LogP contribution is -2.23. The predicted molar refractivity (Wildman–Crippen MR) is 84.5 cm³/mol. The van der Waals surface area contributed by atoms with Gasteiger partial charge in [-0.15, -0.1) is 11.3 Å². The maximum absolute atomic E-state index is 3.70. The van der Waals surface area contributed by atoms with Crippen molar-refractivity contribution >= 4 is 27.3 Å². The maximum Gasteiger partial charge on any atom is 0.0317 e. The molecule has 0 amide bonds. The minimum atomic E-state index is 0.625. The Morgan fingerprint density at radius 2 is 2.06 bits per heavy atom. The molecular formula is C15H24BrNS. The molecule has 1 aliphatic carbocycles. The van der Waals surface area contributed by atoms with Gasteiger partial charge in [-0.3, -0.25) is 0 Å². The van der Waals surface area contributed by atoms with Crippen LogP contribution in [-0.4, -0.2) is 13.6 Å². The molecule has 0 saturated heterocycles. The third-order valence-electron chi connectivity index (χ3n) is 4.33. The Kier molecular flexibility index (Phi) is 5.28. The molecule has 1 N–H and O–H groups in total. The van der Waals surface area contributed by atoms with E-state index in [1.165, 1.54) is 60.8 Å². The van der Waals surface area contributed by atoms with Crippen molar-refractivity contribution in [2.75, 3.05) is 13.6 Å². The first-order valence-electron chi connectivity index (χ1n) is 7.05. The van der Waals surface area contributed by atoms with Crippen LogP contribution in [0.5, 0.6) is 0 Å². The van der Waals surface area contributed by atoms with E-state index in [0.29, 0.717) is 5.41 Å². The molecule has 1 saturated carbocycles. The lowest BCUT2D eigenvalue weighted by atomic mass is 9.78. The van der Waals surface area contributed by atoms with E-state index in [4.69, 9.17) is 0 Å². The van der Waals surface area contributed by atoms with E-state index in [0.717, 1.165) is 0 Å². The number of hydrogen-bond donors (Lipinski definition) is 1. The second-order valence-electron chi connectivity index (χ2n) is 5.69. The molecule has 102 valence electrons. The van der Waals surface area contributed by atoms with Crippen molar-refractivity contribution in [3.63, 3.8) is 0 Å². The number of nitrogens with one attached hydrogen (secondary N) is 1. The topological polar surface area (TPSA) is 12.0 Å². The molecule has 1 aromatic rings. The number of halogens is 1. The Morgan fingerprint density at radius 3 is 2.61 bits per heavy atom. The SMILES string of the molecule is CNCCC1(CCc2sc(C)cc2Br)CCCC1. The Hall–Kier alpha value is 0.140. The summed E-state index contributed by atoms with van der Waals surface area (Å²) in [7, 11) is 2.07. The van der Waals surface area contributed by atoms with Crippen molar-refractivity contribution in [3.05, 3.63) is 20.3 Å². The standard InChI is InChI=1S/C15H24BrNS/c1-12-11-13(16)14(18-12)5-8-15(9-10-17-2)6-3-4-7-15/h11,17H,3-10H2,1-2H3. The summed E-state index contributed by atoms with van der Waals surface area (Å²) in [5.74, 6) is 0. The fourth-order valence-electron chi connectivity index (χ4n) is 3.22. The second kappa shape index (κ2) is 6.53. The summed E-state index contributed by atoms with van der Waals surface area (Å²) in [5.41, 5.74) is 0.625. The number of thiophene rings is 1. The van der Waals surface area contributed by atoms with Gasteiger partial charge in [-0.05, 0) is 80.0 Å². The van der Waals surface area contributed by atoms with Gasteiger partial charge in [-0.2, -0.15) is 0 Å². The van der Waals surface area contributed by atoms with Crippen LogP contribution in [0.4, 0.5) is 0 Å². The maximum atomic E-state index is 3.70. The zero-order chi connectivity index (χ0) is 13.0. The van der Waals surface area contributed by atoms with Gasteiger partial charge in [0.15, 0.2) is 0 Å². The Labute approximate surface area is 123 Å². The van der Waals surface area contributed by atoms with E-state index in [1.807, 2.05) is 11.3 Å². The molecule has 0 aromatic carbocycles. The first kappa shape index (κ1) is 14.5. The molecule has 1 aliphatic rings. The second-order valence-corrected chi connectivity index (χ2v) is 7.88. The van der Waals surface area contributed by atoms with Gasteiger partial charge in [-0.1, -0.05) is 12.8 Å². The van der Waals surface area contributed by atoms with E-state index in [2.05, 4.69) is 41.3 Å². The van der Waals surface area contributed by atoms with Crippen LogP contribution in [-0.2, 0) is 6.42 Å². The van der Waals surface area contributed by atoms with Crippen molar-refractivity contribution in [2.45, 2.75) is 51.9 Å². The highest BCUT2D eigenvalue weighted by molar-refractivity contribution is 9.10. The first-order chi connectivity index (χ1) is 8.65. The van der Waals surface area contributed by atoms with Gasteiger partial charge in [0, 0.05) is 14.2 Å². The van der Waals surface area contributed by atoms with E-state index in [-0.39, 0.29) is 0 Å². The van der Waals surface area contributed by atoms with E-state index < -0.39 is 0 Å². The quantitative estimate of drug-likeness (QED) is 0.780. The molecule has 1 fully saturated rings. The molecule has 1 aromatic heterocycles. The number of hydrogen-bond acceptors (Lipinski definition) is 2. The average molecular weight is 330 g/mol. The smallest absolute Gasteiger partial charge is 0.0317 e. The van der Waals surface area contributed by atoms with Crippen molar-refractivity contribution < 1.29 is 0 Å². The zero-order valence-corrected chi connectivity index (χ0v) is 13.9. The highest BCUT2D eigenvalue weighted by Gasteiger charge is 2.32. The minimum absolute atomic E-state index is 0.625. The van der Waals surface area contributed by atoms with Crippen LogP contribution in [0.1, 0.15) is 48.3 Å². The average Bonchev–Trinajstić information content (AvgIpc) is 2.92. The minimum Gasteiger partial charge on any atom is -0.320 e. The number of rotatable bonds is 6. The van der Waals surface area contributed by atoms with Crippen molar-refractivity contribution in [1.82, 2.24) is 5.32 Å². The van der Waals surface area contributed by atoms with Crippen LogP contribution in [0, 0.1) is 12.3 Å². The Morgan fingerprint density at radius 1 is 1.33 bits per heavy atom. The van der Waals surface area contributed by atoms with Gasteiger partial charge in [0.25, 0.3) is 0 Å². The molecule has 0 bridgehead atoms. The van der Waals surface area contributed by atoms with Gasteiger partial charge in [0.1, 0.15) is 0 Å². The highest BCUT2D eigenvalue weighted by atomic mass is 79.9. The number of aryl methyl sites for hydroxylation is 2. The fourth-order valence-corrected chi connectivity index (χ4v) is 5.08. The fraction of sp³-hybridized carbons (Fsp3) is 0.733. The predicted octanol–water partition coefficient (Wildman–Crippen LogP) is 4.92. The molecule has 0 radical (unpaired) electrons. The van der Waals surface area contributed by atoms with Crippen molar-refractivity contribution in [3.8, 4) is 0 Å². The Bertz CT molecular complexity index is 380. The van der Waals surface area contributed by atoms with Gasteiger partial charge >= 0.3 is 0 Å². The molecular weight excluding hydrogens is 306 g/mol. The highest BCUT2D eigenvalue weighted by Crippen LogP contribution is 2.45. The monoisotopic (exact) mass is 329 g/mol. The molecule has 0 unspecified atom stereocenters. The van der Waals surface area contributed by atoms with E-state index in [1.54, 1.807) is 4.88 Å². The first-order valence-corrected chi connectivity index (χ1v) is 8.66. The molecule has 0 atom stereocenters. The van der Waals surface area contributed by atoms with Crippen LogP contribution in [0.2, 0.25) is 0 Å². The van der Waals surface area contributed by atoms with Crippen LogP contribution < -0.4 is 5.32 Å². The summed E-state index contributed by atoms with van der Waals surface area (Å²) < 4.78 is 1.33. The van der Waals surface area contributed by atoms with Gasteiger partial charge < -0.3 is 5.32 Å². The van der Waals surface area contributed by atoms with Crippen molar-refractivity contribution in [2.24, 2.45) is 5.41 Å². The van der Waals surface area contributed by atoms with Crippen molar-refractivity contribution in [1.29, 1.82) is 0 Å². The third-order valence-corrected chi connectivity index (χ3v) is 6.41. The molecule has 0 aliphatic heterocycles. The normalized spacial score (nSPS) is 18.4. The van der Waals surface area contributed by atoms with Crippen LogP contribution in [0.25, 0.3) is 0 Å². The summed E-state index contributed by atoms with van der Waals surface area (Å²) in [6.45, 7) is 3.37. The summed E-state index contributed by atoms with van der Waals surface area (Å²) in [6.07, 6.45) is 9.73. The molecule has 0 spiro atoms. The Balaban J connectivity index is 1.95. The molecule has 1 nitrogen and oxygen atoms in total. The largest absolute Gasteiger partial charge is 0.320 e. The summed E-state index contributed by atoms with van der Waals surface area (Å²) in [4.78, 5) is 2.97. The van der Waals surface area contributed by atoms with E-state index in [9.17, 15) is 0 Å². The van der Waals surface area contributed by atoms with Crippen LogP contribution >= 0.6 is 27.3 Å². The van der Waals surface area contributed by atoms with Crippen LogP contribution in [0.3, 0.4) is 0 Å². The molecule has 2 rings (SSSR count). The third kappa shape index (κ3) is 3.58. The van der Waals surface area contributed by atoms with Gasteiger partial charge in [0.05, 0.1) is 0 Å². The summed E-state index contributed by atoms with van der Waals surface area (Å²) in [6, 6.07) is 2.26. The van der Waals surface area contributed by atoms with Gasteiger partial charge in [-0.25, -0.2) is 0 Å². The molecule has 18 heavy (non-hydrogen) atoms. The zero-order valence-electron chi connectivity index (χ0n) is 11.5. The van der Waals surface area contributed by atoms with Gasteiger partial charge in [0.2, 0.25) is 0 Å². The van der Waals surface area contributed by atoms with E-state index >= 15 is 0 Å². The lowest BCUT2D eigenvalue weighted by Gasteiger charge is -2.29. The lowest BCUT2D eigenvalue weighted by molar-refractivity contribution is 0.248. The van der Waals surface area contributed by atoms with Crippen LogP contribution in [0.15, 0.2) is 10.5 Å². The summed E-state index contributed by atoms with van der Waals surface area (Å²) in [5, 5.41) is 3.33. The molecule has 1 heterocycles. The molecule has 3 heteroatoms. The summed E-state index contributed by atoms with van der Waals surface area (Å²) >= 11 is 5.65.